The zero-order valence-corrected chi connectivity index (χ0v) is 18.8. The van der Waals surface area contributed by atoms with Gasteiger partial charge < -0.3 is 24.7 Å². The van der Waals surface area contributed by atoms with Crippen molar-refractivity contribution in [2.24, 2.45) is 5.92 Å². The number of ether oxygens (including phenoxy) is 2. The van der Waals surface area contributed by atoms with E-state index in [-0.39, 0.29) is 11.1 Å². The van der Waals surface area contributed by atoms with Crippen LogP contribution in [0.25, 0.3) is 11.0 Å². The maximum absolute atomic E-state index is 5.82. The van der Waals surface area contributed by atoms with Gasteiger partial charge in [-0.3, -0.25) is 0 Å². The highest BCUT2D eigenvalue weighted by atomic mass is 32.2. The minimum absolute atomic E-state index is 0. The molecule has 0 unspecified atom stereocenters. The maximum Gasteiger partial charge on any atom is 0.134 e. The summed E-state index contributed by atoms with van der Waals surface area (Å²) in [7, 11) is 1.71. The van der Waals surface area contributed by atoms with Gasteiger partial charge in [0.15, 0.2) is 0 Å². The lowest BCUT2D eigenvalue weighted by Crippen LogP contribution is -2.28. The van der Waals surface area contributed by atoms with Crippen molar-refractivity contribution >= 4 is 22.7 Å². The van der Waals surface area contributed by atoms with Gasteiger partial charge in [-0.25, -0.2) is 0 Å². The highest BCUT2D eigenvalue weighted by Gasteiger charge is 2.12. The highest BCUT2D eigenvalue weighted by Crippen LogP contribution is 2.25. The number of thioether (sulfide) groups is 1. The van der Waals surface area contributed by atoms with E-state index in [9.17, 15) is 0 Å². The summed E-state index contributed by atoms with van der Waals surface area (Å²) in [5, 5.41) is 4.56. The van der Waals surface area contributed by atoms with Crippen LogP contribution in [-0.2, 0) is 16.1 Å². The second-order valence-corrected chi connectivity index (χ2v) is 8.85. The Hall–Kier alpha value is -1.05. The van der Waals surface area contributed by atoms with E-state index in [1.165, 1.54) is 29.5 Å². The van der Waals surface area contributed by atoms with Crippen LogP contribution in [0.2, 0.25) is 0 Å². The third kappa shape index (κ3) is 8.97. The Morgan fingerprint density at radius 3 is 2.46 bits per heavy atom. The largest absolute Gasteiger partial charge is 0.459 e. The Bertz CT molecular complexity index is 675. The molecule has 0 amide bonds. The Kier molecular flexibility index (Phi) is 11.2. The third-order valence-electron chi connectivity index (χ3n) is 4.76. The zero-order chi connectivity index (χ0) is 19.7. The van der Waals surface area contributed by atoms with Gasteiger partial charge >= 0.3 is 0 Å². The van der Waals surface area contributed by atoms with Crippen molar-refractivity contribution in [2.45, 2.75) is 57.1 Å². The molecule has 0 saturated carbocycles. The summed E-state index contributed by atoms with van der Waals surface area (Å²) in [6.07, 6.45) is 5.82. The van der Waals surface area contributed by atoms with Crippen LogP contribution in [0.15, 0.2) is 33.6 Å². The molecule has 2 aromatic rings. The summed E-state index contributed by atoms with van der Waals surface area (Å²) in [5.74, 6) is 1.75. The fraction of sp³-hybridized carbons (Fsp3) is 0.636. The molecule has 28 heavy (non-hydrogen) atoms. The van der Waals surface area contributed by atoms with Gasteiger partial charge in [0.25, 0.3) is 0 Å². The fourth-order valence-electron chi connectivity index (χ4n) is 2.87. The predicted octanol–water partition coefficient (Wildman–Crippen LogP) is 4.67. The van der Waals surface area contributed by atoms with Gasteiger partial charge in [0.05, 0.1) is 5.60 Å². The molecular formula is C22H37NO4S. The van der Waals surface area contributed by atoms with E-state index in [1.807, 2.05) is 26.8 Å². The normalized spacial score (nSPS) is 15.0. The minimum Gasteiger partial charge on any atom is -0.459 e. The number of nitrogens with one attached hydrogen (secondary N) is 1. The first-order valence-electron chi connectivity index (χ1n) is 9.81. The van der Waals surface area contributed by atoms with E-state index in [0.29, 0.717) is 6.61 Å². The average molecular weight is 412 g/mol. The molecule has 6 heteroatoms. The van der Waals surface area contributed by atoms with Crippen molar-refractivity contribution < 1.29 is 19.4 Å². The molecule has 0 bridgehead atoms. The molecule has 3 N–H and O–H groups in total. The number of benzene rings is 1. The van der Waals surface area contributed by atoms with Gasteiger partial charge in [-0.15, -0.1) is 11.8 Å². The summed E-state index contributed by atoms with van der Waals surface area (Å²) >= 11 is 1.75. The van der Waals surface area contributed by atoms with Crippen molar-refractivity contribution in [3.05, 3.63) is 30.0 Å². The fourth-order valence-corrected chi connectivity index (χ4v) is 3.32. The van der Waals surface area contributed by atoms with Gasteiger partial charge in [-0.05, 0) is 89.6 Å². The summed E-state index contributed by atoms with van der Waals surface area (Å²) in [6, 6.07) is 8.40. The van der Waals surface area contributed by atoms with Crippen LogP contribution in [0, 0.1) is 5.92 Å². The molecule has 1 aliphatic heterocycles. The van der Waals surface area contributed by atoms with Crippen LogP contribution >= 0.6 is 11.8 Å². The summed E-state index contributed by atoms with van der Waals surface area (Å²) < 4.78 is 16.5. The number of piperidine rings is 1. The summed E-state index contributed by atoms with van der Waals surface area (Å²) in [4.78, 5) is 1.27. The van der Waals surface area contributed by atoms with E-state index >= 15 is 0 Å². The molecule has 1 aromatic carbocycles. The molecule has 1 aromatic heterocycles. The van der Waals surface area contributed by atoms with Crippen molar-refractivity contribution in [1.82, 2.24) is 5.32 Å². The van der Waals surface area contributed by atoms with Gasteiger partial charge in [0.1, 0.15) is 18.0 Å². The molecule has 160 valence electrons. The molecule has 0 radical (unpaired) electrons. The Balaban J connectivity index is 0.000000492. The number of hydrogen-bond donors (Lipinski definition) is 1. The van der Waals surface area contributed by atoms with E-state index in [0.717, 1.165) is 37.0 Å². The van der Waals surface area contributed by atoms with Gasteiger partial charge in [0.2, 0.25) is 0 Å². The predicted molar refractivity (Wildman–Crippen MR) is 118 cm³/mol. The van der Waals surface area contributed by atoms with Crippen LogP contribution in [-0.4, -0.2) is 44.1 Å². The average Bonchev–Trinajstić information content (AvgIpc) is 3.08. The summed E-state index contributed by atoms with van der Waals surface area (Å²) in [6.45, 7) is 9.79. The zero-order valence-electron chi connectivity index (χ0n) is 18.0. The number of fused-ring (bicyclic) bond motifs is 1. The second-order valence-electron chi connectivity index (χ2n) is 7.97. The van der Waals surface area contributed by atoms with Gasteiger partial charge in [-0.2, -0.15) is 0 Å². The first-order chi connectivity index (χ1) is 12.9. The Labute approximate surface area is 173 Å². The van der Waals surface area contributed by atoms with Crippen LogP contribution in [0.4, 0.5) is 0 Å². The lowest BCUT2D eigenvalue weighted by Gasteiger charge is -2.22. The lowest BCUT2D eigenvalue weighted by atomic mass is 9.95. The molecular weight excluding hydrogens is 374 g/mol. The number of furan rings is 1. The first kappa shape index (κ1) is 25.0. The van der Waals surface area contributed by atoms with E-state index in [1.54, 1.807) is 18.9 Å². The number of rotatable bonds is 6. The molecule has 1 fully saturated rings. The van der Waals surface area contributed by atoms with Crippen molar-refractivity contribution in [3.8, 4) is 0 Å². The third-order valence-corrected chi connectivity index (χ3v) is 5.49. The molecule has 0 atom stereocenters. The summed E-state index contributed by atoms with van der Waals surface area (Å²) in [5.41, 5.74) is 0.991. The van der Waals surface area contributed by atoms with Crippen LogP contribution in [0.1, 0.15) is 45.8 Å². The molecule has 1 aliphatic rings. The standard InChI is InChI=1S/C17H23NO2S.C5H12O.H2O/c1-21-16-2-3-17-14(11-16)10-15(20-17)12-19-9-6-13-4-7-18-8-5-13;1-5(2,3)6-4;/h2-3,10-11,13,18H,4-9,12H2,1H3;1-4H3;1H2. The van der Waals surface area contributed by atoms with Gasteiger partial charge in [-0.1, -0.05) is 0 Å². The van der Waals surface area contributed by atoms with E-state index < -0.39 is 0 Å². The minimum atomic E-state index is 0. The molecule has 5 nitrogen and oxygen atoms in total. The van der Waals surface area contributed by atoms with Crippen LogP contribution in [0.5, 0.6) is 0 Å². The lowest BCUT2D eigenvalue weighted by molar-refractivity contribution is 0.0397. The topological polar surface area (TPSA) is 75.1 Å². The van der Waals surface area contributed by atoms with Crippen molar-refractivity contribution in [3.63, 3.8) is 0 Å². The second kappa shape index (κ2) is 12.5. The smallest absolute Gasteiger partial charge is 0.134 e. The Morgan fingerprint density at radius 1 is 1.18 bits per heavy atom. The van der Waals surface area contributed by atoms with Crippen LogP contribution < -0.4 is 5.32 Å². The number of hydrogen-bond acceptors (Lipinski definition) is 5. The SMILES string of the molecule is COC(C)(C)C.CSc1ccc2oc(COCCC3CCNCC3)cc2c1.O. The van der Waals surface area contributed by atoms with E-state index in [2.05, 4.69) is 29.8 Å². The molecule has 0 aliphatic carbocycles. The molecule has 1 saturated heterocycles. The quantitative estimate of drug-likeness (QED) is 0.552. The number of methoxy groups -OCH3 is 1. The van der Waals surface area contributed by atoms with Crippen molar-refractivity contribution in [1.29, 1.82) is 0 Å². The monoisotopic (exact) mass is 411 g/mol. The molecule has 2 heterocycles. The van der Waals surface area contributed by atoms with E-state index in [4.69, 9.17) is 13.9 Å². The molecule has 3 rings (SSSR count). The van der Waals surface area contributed by atoms with Gasteiger partial charge in [0, 0.05) is 24.0 Å². The highest BCUT2D eigenvalue weighted by molar-refractivity contribution is 7.98. The van der Waals surface area contributed by atoms with Crippen LogP contribution in [0.3, 0.4) is 0 Å². The first-order valence-corrected chi connectivity index (χ1v) is 11.0. The maximum atomic E-state index is 5.82. The molecule has 0 spiro atoms. The Morgan fingerprint density at radius 2 is 1.86 bits per heavy atom. The van der Waals surface area contributed by atoms with Crippen molar-refractivity contribution in [2.75, 3.05) is 33.1 Å².